The number of hydrogen-bond donors (Lipinski definition) is 2. The summed E-state index contributed by atoms with van der Waals surface area (Å²) in [4.78, 5) is 25.1. The van der Waals surface area contributed by atoms with Gasteiger partial charge in [-0.15, -0.1) is 0 Å². The Labute approximate surface area is 136 Å². The zero-order chi connectivity index (χ0) is 15.4. The minimum atomic E-state index is -0.932. The molecule has 0 aliphatic carbocycles. The van der Waals surface area contributed by atoms with Crippen molar-refractivity contribution in [2.75, 3.05) is 25.1 Å². The van der Waals surface area contributed by atoms with E-state index in [1.54, 1.807) is 0 Å². The molecule has 0 aromatic heterocycles. The van der Waals surface area contributed by atoms with E-state index < -0.39 is 17.9 Å². The van der Waals surface area contributed by atoms with Gasteiger partial charge in [0.25, 0.3) is 0 Å². The summed E-state index contributed by atoms with van der Waals surface area (Å²) in [6.45, 7) is 2.65. The molecule has 1 aromatic carbocycles. The molecule has 21 heavy (non-hydrogen) atoms. The summed E-state index contributed by atoms with van der Waals surface area (Å²) in [6, 6.07) is 6.67. The van der Waals surface area contributed by atoms with Gasteiger partial charge in [0.2, 0.25) is 0 Å². The number of anilines is 1. The molecule has 2 unspecified atom stereocenters. The van der Waals surface area contributed by atoms with E-state index in [1.807, 2.05) is 31.2 Å². The van der Waals surface area contributed by atoms with Crippen LogP contribution in [0.5, 0.6) is 0 Å². The van der Waals surface area contributed by atoms with Crippen LogP contribution in [0.25, 0.3) is 0 Å². The molecule has 0 spiro atoms. The van der Waals surface area contributed by atoms with Gasteiger partial charge in [0, 0.05) is 15.8 Å². The number of amides is 2. The third-order valence-corrected chi connectivity index (χ3v) is 4.18. The van der Waals surface area contributed by atoms with Crippen LogP contribution < -0.4 is 5.32 Å². The molecular formula is C14H17IN2O4. The normalized spacial score (nSPS) is 21.0. The molecule has 1 aliphatic rings. The lowest BCUT2D eigenvalue weighted by Gasteiger charge is -2.29. The first-order chi connectivity index (χ1) is 10.0. The zero-order valence-electron chi connectivity index (χ0n) is 11.6. The number of rotatable bonds is 4. The molecule has 2 N–H and O–H groups in total. The van der Waals surface area contributed by atoms with Gasteiger partial charge in [-0.2, -0.15) is 0 Å². The molecule has 2 amide bonds. The highest BCUT2D eigenvalue weighted by molar-refractivity contribution is 14.1. The number of nitrogens with one attached hydrogen (secondary N) is 1. The number of benzene rings is 1. The van der Waals surface area contributed by atoms with Crippen LogP contribution in [0.15, 0.2) is 24.3 Å². The number of likely N-dealkylation sites (N-methyl/N-ethyl adjacent to an activating group) is 1. The maximum Gasteiger partial charge on any atom is 0.322 e. The fraction of sp³-hybridized carbons (Fsp3) is 0.429. The Kier molecular flexibility index (Phi) is 5.40. The molecule has 7 heteroatoms. The molecule has 2 atom stereocenters. The Balaban J connectivity index is 2.07. The van der Waals surface area contributed by atoms with E-state index in [4.69, 9.17) is 4.74 Å². The van der Waals surface area contributed by atoms with Crippen molar-refractivity contribution in [1.82, 2.24) is 4.90 Å². The highest BCUT2D eigenvalue weighted by Crippen LogP contribution is 2.21. The summed E-state index contributed by atoms with van der Waals surface area (Å²) in [5.41, 5.74) is 0.685. The molecule has 2 rings (SSSR count). The number of carbonyl (C=O) groups excluding carboxylic acids is 1. The topological polar surface area (TPSA) is 78.9 Å². The number of aliphatic carboxylic acids is 1. The van der Waals surface area contributed by atoms with Crippen molar-refractivity contribution in [1.29, 1.82) is 0 Å². The summed E-state index contributed by atoms with van der Waals surface area (Å²) in [7, 11) is 0. The number of carboxylic acids is 1. The molecule has 114 valence electrons. The first-order valence-electron chi connectivity index (χ1n) is 6.66. The van der Waals surface area contributed by atoms with Crippen molar-refractivity contribution in [2.45, 2.75) is 13.0 Å². The largest absolute Gasteiger partial charge is 0.481 e. The summed E-state index contributed by atoms with van der Waals surface area (Å²) in [5, 5.41) is 12.0. The number of halogens is 1. The molecule has 1 aromatic rings. The van der Waals surface area contributed by atoms with Gasteiger partial charge in [-0.25, -0.2) is 4.79 Å². The van der Waals surface area contributed by atoms with Crippen molar-refractivity contribution < 1.29 is 19.4 Å². The molecule has 1 aliphatic heterocycles. The minimum Gasteiger partial charge on any atom is -0.481 e. The molecule has 1 saturated heterocycles. The summed E-state index contributed by atoms with van der Waals surface area (Å²) in [6.07, 6.45) is 0. The molecule has 0 saturated carbocycles. The number of carboxylic acid groups (broad SMARTS) is 1. The van der Waals surface area contributed by atoms with E-state index in [1.165, 1.54) is 4.90 Å². The first-order valence-corrected chi connectivity index (χ1v) is 7.74. The maximum absolute atomic E-state index is 12.3. The quantitative estimate of drug-likeness (QED) is 0.755. The number of hydrogen-bond acceptors (Lipinski definition) is 3. The molecule has 0 radical (unpaired) electrons. The lowest BCUT2D eigenvalue weighted by Crippen LogP contribution is -2.48. The van der Waals surface area contributed by atoms with Gasteiger partial charge in [-0.3, -0.25) is 4.79 Å². The van der Waals surface area contributed by atoms with Gasteiger partial charge in [-0.1, -0.05) is 0 Å². The number of nitrogens with zero attached hydrogens (tertiary/aromatic N) is 1. The molecular weight excluding hydrogens is 387 g/mol. The number of urea groups is 1. The van der Waals surface area contributed by atoms with Gasteiger partial charge in [0.15, 0.2) is 0 Å². The van der Waals surface area contributed by atoms with Crippen LogP contribution in [0.2, 0.25) is 0 Å². The van der Waals surface area contributed by atoms with Gasteiger partial charge in [0.1, 0.15) is 5.92 Å². The molecule has 0 bridgehead atoms. The van der Waals surface area contributed by atoms with Crippen molar-refractivity contribution in [2.24, 2.45) is 5.92 Å². The fourth-order valence-electron chi connectivity index (χ4n) is 2.34. The second-order valence-electron chi connectivity index (χ2n) is 4.77. The number of carbonyl (C=O) groups is 2. The SMILES string of the molecule is CCN(C(=O)Nc1ccc(I)cc1)C1COCC1C(=O)O. The summed E-state index contributed by atoms with van der Waals surface area (Å²) in [5.74, 6) is -1.61. The molecule has 1 heterocycles. The average Bonchev–Trinajstić information content (AvgIpc) is 2.91. The Morgan fingerprint density at radius 2 is 2.05 bits per heavy atom. The fourth-order valence-corrected chi connectivity index (χ4v) is 2.70. The standard InChI is InChI=1S/C14H17IN2O4/c1-2-17(12-8-21-7-11(12)13(18)19)14(20)16-10-5-3-9(15)4-6-10/h3-6,11-12H,2,7-8H2,1H3,(H,16,20)(H,18,19). The highest BCUT2D eigenvalue weighted by Gasteiger charge is 2.39. The third-order valence-electron chi connectivity index (χ3n) is 3.47. The Bertz CT molecular complexity index is 520. The van der Waals surface area contributed by atoms with Crippen LogP contribution >= 0.6 is 22.6 Å². The second-order valence-corrected chi connectivity index (χ2v) is 6.02. The molecule has 6 nitrogen and oxygen atoms in total. The van der Waals surface area contributed by atoms with E-state index in [-0.39, 0.29) is 19.2 Å². The Hall–Kier alpha value is -1.35. The zero-order valence-corrected chi connectivity index (χ0v) is 13.7. The van der Waals surface area contributed by atoms with Crippen LogP contribution in [-0.4, -0.2) is 47.8 Å². The Morgan fingerprint density at radius 3 is 2.62 bits per heavy atom. The first kappa shape index (κ1) is 16.0. The van der Waals surface area contributed by atoms with Crippen LogP contribution in [0, 0.1) is 9.49 Å². The van der Waals surface area contributed by atoms with Gasteiger partial charge in [0.05, 0.1) is 19.3 Å². The van der Waals surface area contributed by atoms with Crippen molar-refractivity contribution in [3.05, 3.63) is 27.8 Å². The van der Waals surface area contributed by atoms with Crippen molar-refractivity contribution in [3.8, 4) is 0 Å². The minimum absolute atomic E-state index is 0.146. The van der Waals surface area contributed by atoms with E-state index in [9.17, 15) is 14.7 Å². The van der Waals surface area contributed by atoms with Gasteiger partial charge < -0.3 is 20.1 Å². The number of ether oxygens (including phenoxy) is 1. The summed E-state index contributed by atoms with van der Waals surface area (Å²) < 4.78 is 6.30. The van der Waals surface area contributed by atoms with Crippen LogP contribution in [-0.2, 0) is 9.53 Å². The molecule has 1 fully saturated rings. The smallest absolute Gasteiger partial charge is 0.322 e. The van der Waals surface area contributed by atoms with Crippen LogP contribution in [0.3, 0.4) is 0 Å². The second kappa shape index (κ2) is 7.08. The van der Waals surface area contributed by atoms with Gasteiger partial charge >= 0.3 is 12.0 Å². The predicted molar refractivity (Wildman–Crippen MR) is 86.3 cm³/mol. The van der Waals surface area contributed by atoms with Crippen LogP contribution in [0.1, 0.15) is 6.92 Å². The highest BCUT2D eigenvalue weighted by atomic mass is 127. The van der Waals surface area contributed by atoms with E-state index >= 15 is 0 Å². The monoisotopic (exact) mass is 404 g/mol. The van der Waals surface area contributed by atoms with E-state index in [0.717, 1.165) is 3.57 Å². The maximum atomic E-state index is 12.3. The summed E-state index contributed by atoms with van der Waals surface area (Å²) >= 11 is 2.19. The predicted octanol–water partition coefficient (Wildman–Crippen LogP) is 2.24. The van der Waals surface area contributed by atoms with Crippen molar-refractivity contribution in [3.63, 3.8) is 0 Å². The van der Waals surface area contributed by atoms with Gasteiger partial charge in [-0.05, 0) is 53.8 Å². The van der Waals surface area contributed by atoms with E-state index in [2.05, 4.69) is 27.9 Å². The lowest BCUT2D eigenvalue weighted by molar-refractivity contribution is -0.142. The van der Waals surface area contributed by atoms with E-state index in [0.29, 0.717) is 12.2 Å². The third kappa shape index (κ3) is 3.85. The van der Waals surface area contributed by atoms with Crippen molar-refractivity contribution >= 4 is 40.3 Å². The Morgan fingerprint density at radius 1 is 1.38 bits per heavy atom. The average molecular weight is 404 g/mol. The lowest BCUT2D eigenvalue weighted by atomic mass is 10.0. The van der Waals surface area contributed by atoms with Crippen LogP contribution in [0.4, 0.5) is 10.5 Å².